The highest BCUT2D eigenvalue weighted by atomic mass is 79.9. The lowest BCUT2D eigenvalue weighted by Crippen LogP contribution is -2.34. The van der Waals surface area contributed by atoms with Crippen molar-refractivity contribution in [2.24, 2.45) is 0 Å². The van der Waals surface area contributed by atoms with Crippen LogP contribution in [-0.2, 0) is 10.2 Å². The van der Waals surface area contributed by atoms with Gasteiger partial charge in [0.25, 0.3) is 0 Å². The van der Waals surface area contributed by atoms with Crippen LogP contribution in [0.4, 0.5) is 0 Å². The standard InChI is InChI=1S/C9H9BrOS/c10-8-3-2-7(12-8)9(6-11)4-1-5-9/h2-3,6H,1,4-5H2. The summed E-state index contributed by atoms with van der Waals surface area (Å²) in [5.41, 5.74) is -0.114. The zero-order valence-corrected chi connectivity index (χ0v) is 8.95. The van der Waals surface area contributed by atoms with Gasteiger partial charge in [0.1, 0.15) is 6.29 Å². The highest BCUT2D eigenvalue weighted by molar-refractivity contribution is 9.11. The van der Waals surface area contributed by atoms with E-state index in [9.17, 15) is 4.79 Å². The number of hydrogen-bond acceptors (Lipinski definition) is 2. The van der Waals surface area contributed by atoms with Crippen molar-refractivity contribution in [3.63, 3.8) is 0 Å². The first kappa shape index (κ1) is 8.45. The number of carbonyl (C=O) groups is 1. The van der Waals surface area contributed by atoms with E-state index in [1.54, 1.807) is 11.3 Å². The molecule has 3 heteroatoms. The smallest absolute Gasteiger partial charge is 0.131 e. The molecule has 1 nitrogen and oxygen atoms in total. The Morgan fingerprint density at radius 3 is 2.58 bits per heavy atom. The molecule has 0 atom stereocenters. The third kappa shape index (κ3) is 1.15. The van der Waals surface area contributed by atoms with E-state index in [-0.39, 0.29) is 5.41 Å². The molecule has 1 aromatic rings. The highest BCUT2D eigenvalue weighted by Crippen LogP contribution is 2.45. The van der Waals surface area contributed by atoms with Gasteiger partial charge in [-0.1, -0.05) is 6.42 Å². The molecule has 1 saturated carbocycles. The van der Waals surface area contributed by atoms with Gasteiger partial charge in [-0.25, -0.2) is 0 Å². The van der Waals surface area contributed by atoms with Crippen molar-refractivity contribution in [3.8, 4) is 0 Å². The first-order valence-corrected chi connectivity index (χ1v) is 5.60. The van der Waals surface area contributed by atoms with Crippen LogP contribution in [0.3, 0.4) is 0 Å². The van der Waals surface area contributed by atoms with Crippen LogP contribution < -0.4 is 0 Å². The maximum Gasteiger partial charge on any atom is 0.131 e. The molecule has 0 saturated heterocycles. The van der Waals surface area contributed by atoms with Crippen molar-refractivity contribution in [2.75, 3.05) is 0 Å². The molecule has 0 radical (unpaired) electrons. The van der Waals surface area contributed by atoms with Crippen LogP contribution in [0.5, 0.6) is 0 Å². The molecule has 0 bridgehead atoms. The molecule has 0 unspecified atom stereocenters. The maximum atomic E-state index is 10.9. The Morgan fingerprint density at radius 2 is 2.25 bits per heavy atom. The fraction of sp³-hybridized carbons (Fsp3) is 0.444. The predicted octanol–water partition coefficient (Wildman–Crippen LogP) is 3.13. The van der Waals surface area contributed by atoms with Gasteiger partial charge in [0.2, 0.25) is 0 Å². The van der Waals surface area contributed by atoms with Gasteiger partial charge in [0.05, 0.1) is 9.20 Å². The van der Waals surface area contributed by atoms with Crippen molar-refractivity contribution < 1.29 is 4.79 Å². The van der Waals surface area contributed by atoms with Crippen LogP contribution in [0.25, 0.3) is 0 Å². The van der Waals surface area contributed by atoms with Crippen molar-refractivity contribution in [1.82, 2.24) is 0 Å². The summed E-state index contributed by atoms with van der Waals surface area (Å²) in [4.78, 5) is 12.1. The van der Waals surface area contributed by atoms with E-state index in [0.717, 1.165) is 22.9 Å². The van der Waals surface area contributed by atoms with E-state index in [1.165, 1.54) is 11.3 Å². The molecule has 1 aromatic heterocycles. The fourth-order valence-corrected chi connectivity index (χ4v) is 3.15. The SMILES string of the molecule is O=CC1(c2ccc(Br)s2)CCC1. The molecule has 0 amide bonds. The van der Waals surface area contributed by atoms with E-state index in [0.29, 0.717) is 0 Å². The minimum atomic E-state index is -0.114. The van der Waals surface area contributed by atoms with Crippen molar-refractivity contribution in [2.45, 2.75) is 24.7 Å². The average Bonchev–Trinajstić information content (AvgIpc) is 2.35. The first-order valence-electron chi connectivity index (χ1n) is 3.99. The summed E-state index contributed by atoms with van der Waals surface area (Å²) in [5.74, 6) is 0. The quantitative estimate of drug-likeness (QED) is 0.731. The summed E-state index contributed by atoms with van der Waals surface area (Å²) in [5, 5.41) is 0. The molecule has 64 valence electrons. The van der Waals surface area contributed by atoms with E-state index in [2.05, 4.69) is 22.0 Å². The Balaban J connectivity index is 2.33. The molecule has 0 aliphatic heterocycles. The second-order valence-corrected chi connectivity index (χ2v) is 5.69. The molecule has 1 fully saturated rings. The Kier molecular flexibility index (Phi) is 2.09. The maximum absolute atomic E-state index is 10.9. The Bertz CT molecular complexity index is 301. The van der Waals surface area contributed by atoms with Crippen molar-refractivity contribution in [1.29, 1.82) is 0 Å². The summed E-state index contributed by atoms with van der Waals surface area (Å²) < 4.78 is 1.12. The monoisotopic (exact) mass is 244 g/mol. The minimum absolute atomic E-state index is 0.114. The van der Waals surface area contributed by atoms with Gasteiger partial charge in [0, 0.05) is 4.88 Å². The normalized spacial score (nSPS) is 20.1. The molecule has 0 aromatic carbocycles. The molecule has 1 aliphatic rings. The van der Waals surface area contributed by atoms with E-state index >= 15 is 0 Å². The number of rotatable bonds is 2. The first-order chi connectivity index (χ1) is 5.77. The third-order valence-electron chi connectivity index (χ3n) is 2.54. The molecule has 1 heterocycles. The van der Waals surface area contributed by atoms with Gasteiger partial charge < -0.3 is 4.79 Å². The Hall–Kier alpha value is -0.150. The molecule has 0 N–H and O–H groups in total. The van der Waals surface area contributed by atoms with Crippen LogP contribution in [0.2, 0.25) is 0 Å². The van der Waals surface area contributed by atoms with E-state index in [4.69, 9.17) is 0 Å². The van der Waals surface area contributed by atoms with Gasteiger partial charge in [-0.3, -0.25) is 0 Å². The average molecular weight is 245 g/mol. The molecule has 12 heavy (non-hydrogen) atoms. The number of hydrogen-bond donors (Lipinski definition) is 0. The second-order valence-electron chi connectivity index (χ2n) is 3.23. The minimum Gasteiger partial charge on any atom is -0.302 e. The Labute approximate surface area is 83.9 Å². The predicted molar refractivity (Wildman–Crippen MR) is 53.6 cm³/mol. The van der Waals surface area contributed by atoms with Crippen molar-refractivity contribution in [3.05, 3.63) is 20.8 Å². The topological polar surface area (TPSA) is 17.1 Å². The summed E-state index contributed by atoms with van der Waals surface area (Å²) in [6.45, 7) is 0. The molecule has 0 spiro atoms. The number of aldehydes is 1. The zero-order valence-electron chi connectivity index (χ0n) is 6.55. The lowest BCUT2D eigenvalue weighted by atomic mass is 9.69. The van der Waals surface area contributed by atoms with Gasteiger partial charge in [0.15, 0.2) is 0 Å². The summed E-state index contributed by atoms with van der Waals surface area (Å²) >= 11 is 5.09. The van der Waals surface area contributed by atoms with Gasteiger partial charge in [-0.2, -0.15) is 0 Å². The summed E-state index contributed by atoms with van der Waals surface area (Å²) in [7, 11) is 0. The molecule has 2 rings (SSSR count). The molecule has 1 aliphatic carbocycles. The number of carbonyl (C=O) groups excluding carboxylic acids is 1. The van der Waals surface area contributed by atoms with Crippen LogP contribution >= 0.6 is 27.3 Å². The van der Waals surface area contributed by atoms with Gasteiger partial charge >= 0.3 is 0 Å². The van der Waals surface area contributed by atoms with E-state index < -0.39 is 0 Å². The zero-order chi connectivity index (χ0) is 8.60. The fourth-order valence-electron chi connectivity index (χ4n) is 1.56. The Morgan fingerprint density at radius 1 is 1.50 bits per heavy atom. The number of thiophene rings is 1. The van der Waals surface area contributed by atoms with Gasteiger partial charge in [-0.15, -0.1) is 11.3 Å². The van der Waals surface area contributed by atoms with Gasteiger partial charge in [-0.05, 0) is 40.9 Å². The lowest BCUT2D eigenvalue weighted by Gasteiger charge is -2.35. The third-order valence-corrected chi connectivity index (χ3v) is 4.38. The summed E-state index contributed by atoms with van der Waals surface area (Å²) in [6.07, 6.45) is 4.37. The largest absolute Gasteiger partial charge is 0.302 e. The number of halogens is 1. The second kappa shape index (κ2) is 2.96. The summed E-state index contributed by atoms with van der Waals surface area (Å²) in [6, 6.07) is 4.08. The van der Waals surface area contributed by atoms with Crippen LogP contribution in [0, 0.1) is 0 Å². The van der Waals surface area contributed by atoms with Crippen LogP contribution in [-0.4, -0.2) is 6.29 Å². The highest BCUT2D eigenvalue weighted by Gasteiger charge is 2.39. The van der Waals surface area contributed by atoms with Crippen LogP contribution in [0.1, 0.15) is 24.1 Å². The molecular weight excluding hydrogens is 236 g/mol. The van der Waals surface area contributed by atoms with E-state index in [1.807, 2.05) is 6.07 Å². The van der Waals surface area contributed by atoms with Crippen LogP contribution in [0.15, 0.2) is 15.9 Å². The molecular formula is C9H9BrOS. The lowest BCUT2D eigenvalue weighted by molar-refractivity contribution is -0.115. The van der Waals surface area contributed by atoms with Crippen molar-refractivity contribution >= 4 is 33.6 Å².